The number of carbonyl (C=O) groups excluding carboxylic acids is 1. The number of nitrogens with one attached hydrogen (secondary N) is 1. The van der Waals surface area contributed by atoms with Crippen LogP contribution < -0.4 is 10.2 Å². The van der Waals surface area contributed by atoms with Crippen LogP contribution in [0.5, 0.6) is 5.88 Å². The minimum Gasteiger partial charge on any atom is -0.479 e. The molecule has 0 aliphatic heterocycles. The van der Waals surface area contributed by atoms with E-state index in [0.29, 0.717) is 35.1 Å². The molecule has 1 aliphatic rings. The second-order valence-electron chi connectivity index (χ2n) is 6.21. The zero-order chi connectivity index (χ0) is 18.9. The quantitative estimate of drug-likeness (QED) is 0.648. The Labute approximate surface area is 149 Å². The van der Waals surface area contributed by atoms with Crippen LogP contribution in [0.2, 0.25) is 0 Å². The van der Waals surface area contributed by atoms with E-state index in [0.717, 1.165) is 0 Å². The van der Waals surface area contributed by atoms with Crippen molar-refractivity contribution in [1.29, 1.82) is 0 Å². The predicted molar refractivity (Wildman–Crippen MR) is 90.7 cm³/mol. The zero-order valence-electron chi connectivity index (χ0n) is 14.3. The number of halogens is 2. The number of carbonyl (C=O) groups is 1. The summed E-state index contributed by atoms with van der Waals surface area (Å²) in [5.74, 6) is -1.83. The van der Waals surface area contributed by atoms with Gasteiger partial charge in [0.2, 0.25) is 5.88 Å². The number of hydroxylamine groups is 1. The van der Waals surface area contributed by atoms with Crippen molar-refractivity contribution in [2.24, 2.45) is 0 Å². The van der Waals surface area contributed by atoms with Gasteiger partial charge >= 0.3 is 0 Å². The van der Waals surface area contributed by atoms with Crippen molar-refractivity contribution in [3.05, 3.63) is 64.9 Å². The third-order valence-corrected chi connectivity index (χ3v) is 4.84. The van der Waals surface area contributed by atoms with Gasteiger partial charge in [-0.2, -0.15) is 0 Å². The summed E-state index contributed by atoms with van der Waals surface area (Å²) < 4.78 is 32.8. The Morgan fingerprint density at radius 3 is 2.77 bits per heavy atom. The van der Waals surface area contributed by atoms with Gasteiger partial charge in [0.15, 0.2) is 5.82 Å². The van der Waals surface area contributed by atoms with E-state index in [1.807, 2.05) is 0 Å². The fourth-order valence-electron chi connectivity index (χ4n) is 3.46. The summed E-state index contributed by atoms with van der Waals surface area (Å²) >= 11 is 0. The largest absolute Gasteiger partial charge is 0.479 e. The van der Waals surface area contributed by atoms with Crippen molar-refractivity contribution in [2.75, 3.05) is 7.11 Å². The second kappa shape index (κ2) is 6.84. The van der Waals surface area contributed by atoms with Crippen LogP contribution in [0, 0.1) is 18.6 Å². The van der Waals surface area contributed by atoms with Gasteiger partial charge in [-0.05, 0) is 54.2 Å². The Balaban J connectivity index is 2.12. The second-order valence-corrected chi connectivity index (χ2v) is 6.21. The molecule has 7 heteroatoms. The molecular formula is C19H18F2N2O3. The Bertz CT molecular complexity index is 898. The van der Waals surface area contributed by atoms with Gasteiger partial charge in [0.1, 0.15) is 5.82 Å². The SMILES string of the molecule is COc1ncc(C2=C[C@](C(=O)NO)(c3cccc(F)c3C)CC2)cc1F. The summed E-state index contributed by atoms with van der Waals surface area (Å²) in [4.78, 5) is 16.4. The standard InChI is InChI=1S/C19H18F2N2O3/c1-11-14(4-3-5-15(11)20)19(18(24)23-25)7-6-12(9-19)13-8-16(21)17(26-2)22-10-13/h3-5,8-10,25H,6-7H2,1-2H3,(H,23,24)/t19-/m0/s1. The Kier molecular flexibility index (Phi) is 4.73. The molecule has 1 amide bonds. The number of benzene rings is 1. The molecule has 1 aromatic carbocycles. The fourth-order valence-corrected chi connectivity index (χ4v) is 3.46. The zero-order valence-corrected chi connectivity index (χ0v) is 14.3. The third-order valence-electron chi connectivity index (χ3n) is 4.84. The summed E-state index contributed by atoms with van der Waals surface area (Å²) in [6.07, 6.45) is 3.85. The smallest absolute Gasteiger partial charge is 0.257 e. The van der Waals surface area contributed by atoms with Crippen molar-refractivity contribution in [1.82, 2.24) is 10.5 Å². The van der Waals surface area contributed by atoms with Crippen molar-refractivity contribution in [3.63, 3.8) is 0 Å². The molecule has 1 aromatic heterocycles. The van der Waals surface area contributed by atoms with Crippen LogP contribution in [0.4, 0.5) is 8.78 Å². The number of rotatable bonds is 4. The summed E-state index contributed by atoms with van der Waals surface area (Å²) in [6, 6.07) is 5.76. The normalized spacial score (nSPS) is 19.2. The Morgan fingerprint density at radius 2 is 2.12 bits per heavy atom. The first-order valence-electron chi connectivity index (χ1n) is 8.04. The maximum atomic E-state index is 14.0. The van der Waals surface area contributed by atoms with Crippen LogP contribution in [0.3, 0.4) is 0 Å². The van der Waals surface area contributed by atoms with Crippen molar-refractivity contribution < 1.29 is 23.5 Å². The summed E-state index contributed by atoms with van der Waals surface area (Å²) in [7, 11) is 1.32. The molecule has 136 valence electrons. The summed E-state index contributed by atoms with van der Waals surface area (Å²) in [6.45, 7) is 1.58. The predicted octanol–water partition coefficient (Wildman–Crippen LogP) is 3.30. The van der Waals surface area contributed by atoms with Gasteiger partial charge in [-0.3, -0.25) is 10.0 Å². The molecule has 0 fully saturated rings. The van der Waals surface area contributed by atoms with Crippen LogP contribution in [0.15, 0.2) is 36.5 Å². The number of aromatic nitrogens is 1. The Morgan fingerprint density at radius 1 is 1.35 bits per heavy atom. The number of methoxy groups -OCH3 is 1. The molecule has 5 nitrogen and oxygen atoms in total. The van der Waals surface area contributed by atoms with Gasteiger partial charge in [0.05, 0.1) is 12.5 Å². The van der Waals surface area contributed by atoms with Crippen LogP contribution in [-0.4, -0.2) is 23.2 Å². The van der Waals surface area contributed by atoms with Crippen LogP contribution in [-0.2, 0) is 10.2 Å². The molecule has 2 N–H and O–H groups in total. The number of pyridine rings is 1. The van der Waals surface area contributed by atoms with E-state index in [1.54, 1.807) is 24.5 Å². The lowest BCUT2D eigenvalue weighted by Gasteiger charge is -2.27. The molecule has 0 saturated heterocycles. The average Bonchev–Trinajstić information content (AvgIpc) is 3.09. The van der Waals surface area contributed by atoms with Crippen molar-refractivity contribution >= 4 is 11.5 Å². The third kappa shape index (κ3) is 2.84. The number of allylic oxidation sites excluding steroid dienone is 1. The van der Waals surface area contributed by atoms with Crippen LogP contribution in [0.25, 0.3) is 5.57 Å². The van der Waals surface area contributed by atoms with E-state index in [4.69, 9.17) is 4.74 Å². The minimum absolute atomic E-state index is 0.118. The first kappa shape index (κ1) is 18.0. The molecule has 0 saturated carbocycles. The van der Waals surface area contributed by atoms with Crippen LogP contribution in [0.1, 0.15) is 29.5 Å². The van der Waals surface area contributed by atoms with Gasteiger partial charge in [-0.1, -0.05) is 18.2 Å². The minimum atomic E-state index is -1.24. The number of hydrogen-bond donors (Lipinski definition) is 2. The van der Waals surface area contributed by atoms with E-state index < -0.39 is 23.0 Å². The molecule has 0 unspecified atom stereocenters. The van der Waals surface area contributed by atoms with Gasteiger partial charge in [0.25, 0.3) is 5.91 Å². The summed E-state index contributed by atoms with van der Waals surface area (Å²) in [5, 5.41) is 9.24. The lowest BCUT2D eigenvalue weighted by molar-refractivity contribution is -0.133. The van der Waals surface area contributed by atoms with Crippen molar-refractivity contribution in [3.8, 4) is 5.88 Å². The molecule has 3 rings (SSSR count). The van der Waals surface area contributed by atoms with E-state index in [-0.39, 0.29) is 5.88 Å². The molecule has 0 spiro atoms. The summed E-state index contributed by atoms with van der Waals surface area (Å²) in [5.41, 5.74) is 2.41. The highest BCUT2D eigenvalue weighted by molar-refractivity contribution is 5.94. The molecular weight excluding hydrogens is 342 g/mol. The average molecular weight is 360 g/mol. The van der Waals surface area contributed by atoms with E-state index >= 15 is 0 Å². The molecule has 0 bridgehead atoms. The fraction of sp³-hybridized carbons (Fsp3) is 0.263. The monoisotopic (exact) mass is 360 g/mol. The van der Waals surface area contributed by atoms with Gasteiger partial charge < -0.3 is 4.74 Å². The molecule has 1 atom stereocenters. The highest BCUT2D eigenvalue weighted by Crippen LogP contribution is 2.44. The molecule has 2 aromatic rings. The maximum absolute atomic E-state index is 14.0. The van der Waals surface area contributed by atoms with Gasteiger partial charge in [-0.25, -0.2) is 19.2 Å². The molecule has 26 heavy (non-hydrogen) atoms. The first-order valence-corrected chi connectivity index (χ1v) is 8.04. The number of ether oxygens (including phenoxy) is 1. The van der Waals surface area contributed by atoms with Gasteiger partial charge in [-0.15, -0.1) is 0 Å². The lowest BCUT2D eigenvalue weighted by atomic mass is 9.77. The maximum Gasteiger partial charge on any atom is 0.257 e. The van der Waals surface area contributed by atoms with Gasteiger partial charge in [0, 0.05) is 6.20 Å². The molecule has 0 radical (unpaired) electrons. The van der Waals surface area contributed by atoms with E-state index in [1.165, 1.54) is 31.5 Å². The van der Waals surface area contributed by atoms with Crippen LogP contribution >= 0.6 is 0 Å². The highest BCUT2D eigenvalue weighted by Gasteiger charge is 2.43. The molecule has 1 heterocycles. The number of amides is 1. The van der Waals surface area contributed by atoms with E-state index in [9.17, 15) is 18.8 Å². The number of nitrogens with zero attached hydrogens (tertiary/aromatic N) is 1. The lowest BCUT2D eigenvalue weighted by Crippen LogP contribution is -2.41. The first-order chi connectivity index (χ1) is 12.4. The van der Waals surface area contributed by atoms with Crippen molar-refractivity contribution in [2.45, 2.75) is 25.2 Å². The number of hydrogen-bond acceptors (Lipinski definition) is 4. The van der Waals surface area contributed by atoms with E-state index in [2.05, 4.69) is 4.98 Å². The Hall–Kier alpha value is -2.80. The molecule has 1 aliphatic carbocycles. The topological polar surface area (TPSA) is 71.5 Å². The highest BCUT2D eigenvalue weighted by atomic mass is 19.1.